The quantitative estimate of drug-likeness (QED) is 0.547. The van der Waals surface area contributed by atoms with Crippen LogP contribution in [0.4, 0.5) is 0 Å². The SMILES string of the molecule is CC(C)(C)c1ccc(/C=N\n2c(Cc3ccccc3)n[nH]c2=S)cc1. The average molecular weight is 350 g/mol. The summed E-state index contributed by atoms with van der Waals surface area (Å²) in [6, 6.07) is 18.6. The van der Waals surface area contributed by atoms with Crippen LogP contribution < -0.4 is 0 Å². The van der Waals surface area contributed by atoms with Gasteiger partial charge in [-0.3, -0.25) is 5.10 Å². The van der Waals surface area contributed by atoms with Crippen LogP contribution in [0, 0.1) is 4.77 Å². The van der Waals surface area contributed by atoms with Gasteiger partial charge in [0.25, 0.3) is 0 Å². The summed E-state index contributed by atoms with van der Waals surface area (Å²) >= 11 is 5.31. The lowest BCUT2D eigenvalue weighted by Crippen LogP contribution is -2.10. The second kappa shape index (κ2) is 7.15. The maximum atomic E-state index is 5.31. The highest BCUT2D eigenvalue weighted by Gasteiger charge is 2.12. The van der Waals surface area contributed by atoms with E-state index in [1.165, 1.54) is 11.1 Å². The molecular weight excluding hydrogens is 328 g/mol. The smallest absolute Gasteiger partial charge is 0.216 e. The fourth-order valence-electron chi connectivity index (χ4n) is 2.53. The van der Waals surface area contributed by atoms with Crippen molar-refractivity contribution < 1.29 is 0 Å². The van der Waals surface area contributed by atoms with E-state index in [2.05, 4.69) is 72.5 Å². The van der Waals surface area contributed by atoms with Gasteiger partial charge in [0.1, 0.15) is 0 Å². The lowest BCUT2D eigenvalue weighted by molar-refractivity contribution is 0.590. The number of H-pyrrole nitrogens is 1. The van der Waals surface area contributed by atoms with Crippen molar-refractivity contribution in [2.75, 3.05) is 0 Å². The van der Waals surface area contributed by atoms with Gasteiger partial charge < -0.3 is 0 Å². The molecule has 1 heterocycles. The van der Waals surface area contributed by atoms with E-state index in [0.29, 0.717) is 11.2 Å². The Morgan fingerprint density at radius 3 is 2.40 bits per heavy atom. The van der Waals surface area contributed by atoms with Gasteiger partial charge in [-0.25, -0.2) is 0 Å². The van der Waals surface area contributed by atoms with Crippen molar-refractivity contribution in [2.45, 2.75) is 32.6 Å². The molecule has 0 aliphatic rings. The van der Waals surface area contributed by atoms with Gasteiger partial charge in [0.15, 0.2) is 5.82 Å². The van der Waals surface area contributed by atoms with E-state index in [4.69, 9.17) is 12.2 Å². The normalized spacial score (nSPS) is 12.0. The highest BCUT2D eigenvalue weighted by molar-refractivity contribution is 7.71. The van der Waals surface area contributed by atoms with E-state index in [9.17, 15) is 0 Å². The monoisotopic (exact) mass is 350 g/mol. The lowest BCUT2D eigenvalue weighted by atomic mass is 9.87. The van der Waals surface area contributed by atoms with Gasteiger partial charge in [0, 0.05) is 6.42 Å². The van der Waals surface area contributed by atoms with Gasteiger partial charge in [-0.15, -0.1) is 0 Å². The molecule has 0 fully saturated rings. The second-order valence-corrected chi connectivity index (χ2v) is 7.42. The molecule has 0 aliphatic carbocycles. The number of aromatic amines is 1. The number of nitrogens with zero attached hydrogens (tertiary/aromatic N) is 3. The maximum Gasteiger partial charge on any atom is 0.216 e. The summed E-state index contributed by atoms with van der Waals surface area (Å²) in [6.45, 7) is 6.62. The lowest BCUT2D eigenvalue weighted by Gasteiger charge is -2.18. The molecular formula is C20H22N4S. The van der Waals surface area contributed by atoms with Crippen LogP contribution in [0.5, 0.6) is 0 Å². The van der Waals surface area contributed by atoms with Crippen LogP contribution in [-0.4, -0.2) is 21.1 Å². The number of hydrogen-bond donors (Lipinski definition) is 1. The molecule has 1 aromatic heterocycles. The Morgan fingerprint density at radius 1 is 1.08 bits per heavy atom. The average Bonchev–Trinajstić information content (AvgIpc) is 2.93. The van der Waals surface area contributed by atoms with Gasteiger partial charge in [-0.1, -0.05) is 75.4 Å². The fraction of sp³-hybridized carbons (Fsp3) is 0.250. The van der Waals surface area contributed by atoms with Crippen LogP contribution in [0.2, 0.25) is 0 Å². The zero-order chi connectivity index (χ0) is 17.9. The van der Waals surface area contributed by atoms with Crippen molar-refractivity contribution in [1.82, 2.24) is 14.9 Å². The third-order valence-corrected chi connectivity index (χ3v) is 4.29. The molecule has 0 spiro atoms. The Bertz CT molecular complexity index is 913. The molecule has 3 rings (SSSR count). The predicted molar refractivity (Wildman–Crippen MR) is 105 cm³/mol. The first kappa shape index (κ1) is 17.3. The largest absolute Gasteiger partial charge is 0.250 e. The molecule has 5 heteroatoms. The van der Waals surface area contributed by atoms with Gasteiger partial charge >= 0.3 is 0 Å². The van der Waals surface area contributed by atoms with Crippen LogP contribution in [0.25, 0.3) is 0 Å². The molecule has 0 bridgehead atoms. The summed E-state index contributed by atoms with van der Waals surface area (Å²) in [5.41, 5.74) is 3.64. The number of benzene rings is 2. The van der Waals surface area contributed by atoms with E-state index in [1.54, 1.807) is 4.68 Å². The number of rotatable bonds is 4. The van der Waals surface area contributed by atoms with E-state index >= 15 is 0 Å². The maximum absolute atomic E-state index is 5.31. The molecule has 2 aromatic carbocycles. The summed E-state index contributed by atoms with van der Waals surface area (Å²) in [7, 11) is 0. The van der Waals surface area contributed by atoms with E-state index < -0.39 is 0 Å². The topological polar surface area (TPSA) is 46.0 Å². The van der Waals surface area contributed by atoms with Crippen LogP contribution in [0.1, 0.15) is 43.3 Å². The summed E-state index contributed by atoms with van der Waals surface area (Å²) < 4.78 is 2.17. The molecule has 0 saturated heterocycles. The Morgan fingerprint density at radius 2 is 1.76 bits per heavy atom. The predicted octanol–water partition coefficient (Wildman–Crippen LogP) is 4.71. The van der Waals surface area contributed by atoms with Crippen LogP contribution in [0.15, 0.2) is 59.7 Å². The molecule has 0 unspecified atom stereocenters. The third kappa shape index (κ3) is 4.31. The zero-order valence-corrected chi connectivity index (χ0v) is 15.5. The number of nitrogens with one attached hydrogen (secondary N) is 1. The van der Waals surface area contributed by atoms with Crippen molar-refractivity contribution in [2.24, 2.45) is 5.10 Å². The first-order valence-corrected chi connectivity index (χ1v) is 8.69. The minimum Gasteiger partial charge on any atom is -0.250 e. The Balaban J connectivity index is 1.82. The van der Waals surface area contributed by atoms with Gasteiger partial charge in [0.05, 0.1) is 6.21 Å². The highest BCUT2D eigenvalue weighted by atomic mass is 32.1. The van der Waals surface area contributed by atoms with Crippen LogP contribution >= 0.6 is 12.2 Å². The fourth-order valence-corrected chi connectivity index (χ4v) is 2.73. The van der Waals surface area contributed by atoms with E-state index in [1.807, 2.05) is 24.4 Å². The first-order valence-electron chi connectivity index (χ1n) is 8.28. The first-order chi connectivity index (χ1) is 11.9. The van der Waals surface area contributed by atoms with Crippen molar-refractivity contribution in [3.8, 4) is 0 Å². The van der Waals surface area contributed by atoms with Crippen molar-refractivity contribution in [1.29, 1.82) is 0 Å². The van der Waals surface area contributed by atoms with Gasteiger partial charge in [-0.2, -0.15) is 14.9 Å². The Kier molecular flexibility index (Phi) is 4.95. The summed E-state index contributed by atoms with van der Waals surface area (Å²) in [6.07, 6.45) is 2.49. The molecule has 0 aliphatic heterocycles. The van der Waals surface area contributed by atoms with Crippen molar-refractivity contribution >= 4 is 18.4 Å². The minimum absolute atomic E-state index is 0.144. The minimum atomic E-state index is 0.144. The highest BCUT2D eigenvalue weighted by Crippen LogP contribution is 2.21. The standard InChI is InChI=1S/C20H22N4S/c1-20(2,3)17-11-9-16(10-12-17)14-21-24-18(22-23-19(24)25)13-15-7-5-4-6-8-15/h4-12,14H,13H2,1-3H3,(H,23,25)/b21-14-. The van der Waals surface area contributed by atoms with Gasteiger partial charge in [0.2, 0.25) is 4.77 Å². The molecule has 0 atom stereocenters. The van der Waals surface area contributed by atoms with E-state index in [0.717, 1.165) is 11.4 Å². The molecule has 25 heavy (non-hydrogen) atoms. The molecule has 0 saturated carbocycles. The molecule has 4 nitrogen and oxygen atoms in total. The van der Waals surface area contributed by atoms with Crippen LogP contribution in [-0.2, 0) is 11.8 Å². The Hall–Kier alpha value is -2.53. The van der Waals surface area contributed by atoms with Crippen LogP contribution in [0.3, 0.4) is 0 Å². The second-order valence-electron chi connectivity index (χ2n) is 7.04. The van der Waals surface area contributed by atoms with E-state index in [-0.39, 0.29) is 5.41 Å². The number of aromatic nitrogens is 3. The molecule has 0 radical (unpaired) electrons. The number of hydrogen-bond acceptors (Lipinski definition) is 3. The van der Waals surface area contributed by atoms with Crippen molar-refractivity contribution in [3.05, 3.63) is 81.9 Å². The summed E-state index contributed by atoms with van der Waals surface area (Å²) in [5, 5.41) is 11.6. The molecule has 1 N–H and O–H groups in total. The third-order valence-electron chi connectivity index (χ3n) is 4.02. The summed E-state index contributed by atoms with van der Waals surface area (Å²) in [5.74, 6) is 0.791. The zero-order valence-electron chi connectivity index (χ0n) is 14.7. The summed E-state index contributed by atoms with van der Waals surface area (Å²) in [4.78, 5) is 0. The Labute approximate surface area is 153 Å². The van der Waals surface area contributed by atoms with Gasteiger partial charge in [-0.05, 0) is 34.3 Å². The van der Waals surface area contributed by atoms with Crippen molar-refractivity contribution in [3.63, 3.8) is 0 Å². The molecule has 3 aromatic rings. The molecule has 0 amide bonds. The molecule has 128 valence electrons.